The zero-order valence-electron chi connectivity index (χ0n) is 8.57. The van der Waals surface area contributed by atoms with E-state index in [1.54, 1.807) is 0 Å². The highest BCUT2D eigenvalue weighted by Gasteiger charge is 2.22. The van der Waals surface area contributed by atoms with Gasteiger partial charge in [0, 0.05) is 0 Å². The van der Waals surface area contributed by atoms with E-state index in [4.69, 9.17) is 9.84 Å². The number of para-hydroxylation sites is 1. The Hall–Kier alpha value is -1.46. The van der Waals surface area contributed by atoms with E-state index in [1.165, 1.54) is 12.8 Å². The number of hydrogen-bond acceptors (Lipinski definition) is 2. The average molecular weight is 202 g/mol. The van der Waals surface area contributed by atoms with Gasteiger partial charge in [0.25, 0.3) is 0 Å². The molecular formula is C13H14O2. The summed E-state index contributed by atoms with van der Waals surface area (Å²) < 4.78 is 5.67. The molecule has 1 aromatic carbocycles. The SMILES string of the molecule is OCC#Cc1ccccc1OCC1CC1. The van der Waals surface area contributed by atoms with Crippen LogP contribution in [0, 0.1) is 17.8 Å². The van der Waals surface area contributed by atoms with Crippen LogP contribution in [-0.2, 0) is 0 Å². The maximum Gasteiger partial charge on any atom is 0.134 e. The molecule has 0 amide bonds. The van der Waals surface area contributed by atoms with Crippen LogP contribution in [0.4, 0.5) is 0 Å². The molecule has 2 nitrogen and oxygen atoms in total. The minimum absolute atomic E-state index is 0.114. The van der Waals surface area contributed by atoms with Crippen LogP contribution in [0.3, 0.4) is 0 Å². The van der Waals surface area contributed by atoms with Gasteiger partial charge in [-0.15, -0.1) is 0 Å². The first-order valence-electron chi connectivity index (χ1n) is 5.21. The van der Waals surface area contributed by atoms with Crippen LogP contribution in [-0.4, -0.2) is 18.3 Å². The van der Waals surface area contributed by atoms with Crippen LogP contribution < -0.4 is 4.74 Å². The molecule has 2 heteroatoms. The Labute approximate surface area is 89.9 Å². The van der Waals surface area contributed by atoms with E-state index in [1.807, 2.05) is 24.3 Å². The Morgan fingerprint density at radius 2 is 2.13 bits per heavy atom. The number of aliphatic hydroxyl groups excluding tert-OH is 1. The lowest BCUT2D eigenvalue weighted by atomic mass is 10.2. The molecule has 1 aromatic rings. The molecule has 0 spiro atoms. The Kier molecular flexibility index (Phi) is 3.26. The molecule has 0 bridgehead atoms. The Balaban J connectivity index is 2.05. The Morgan fingerprint density at radius 3 is 2.87 bits per heavy atom. The van der Waals surface area contributed by atoms with Gasteiger partial charge in [-0.25, -0.2) is 0 Å². The second-order valence-electron chi connectivity index (χ2n) is 3.71. The van der Waals surface area contributed by atoms with Crippen LogP contribution in [0.15, 0.2) is 24.3 Å². The lowest BCUT2D eigenvalue weighted by molar-refractivity contribution is 0.299. The van der Waals surface area contributed by atoms with E-state index < -0.39 is 0 Å². The lowest BCUT2D eigenvalue weighted by Crippen LogP contribution is -2.00. The average Bonchev–Trinajstić information content (AvgIpc) is 3.08. The van der Waals surface area contributed by atoms with Crippen molar-refractivity contribution in [1.82, 2.24) is 0 Å². The van der Waals surface area contributed by atoms with Crippen molar-refractivity contribution >= 4 is 0 Å². The van der Waals surface area contributed by atoms with Gasteiger partial charge in [-0.1, -0.05) is 24.0 Å². The summed E-state index contributed by atoms with van der Waals surface area (Å²) in [5.41, 5.74) is 0.854. The largest absolute Gasteiger partial charge is 0.492 e. The third-order valence-corrected chi connectivity index (χ3v) is 2.36. The molecule has 0 atom stereocenters. The molecule has 0 unspecified atom stereocenters. The smallest absolute Gasteiger partial charge is 0.134 e. The summed E-state index contributed by atoms with van der Waals surface area (Å²) in [6.07, 6.45) is 2.56. The third-order valence-electron chi connectivity index (χ3n) is 2.36. The lowest BCUT2D eigenvalue weighted by Gasteiger charge is -2.06. The molecule has 1 fully saturated rings. The molecule has 0 aliphatic heterocycles. The van der Waals surface area contributed by atoms with Gasteiger partial charge in [0.15, 0.2) is 0 Å². The van der Waals surface area contributed by atoms with Gasteiger partial charge in [-0.3, -0.25) is 0 Å². The molecule has 1 aliphatic carbocycles. The summed E-state index contributed by atoms with van der Waals surface area (Å²) in [6.45, 7) is 0.675. The van der Waals surface area contributed by atoms with Crippen molar-refractivity contribution in [2.24, 2.45) is 5.92 Å². The van der Waals surface area contributed by atoms with E-state index in [0.29, 0.717) is 0 Å². The summed E-state index contributed by atoms with van der Waals surface area (Å²) in [5, 5.41) is 8.63. The van der Waals surface area contributed by atoms with E-state index in [0.717, 1.165) is 23.8 Å². The van der Waals surface area contributed by atoms with Gasteiger partial charge >= 0.3 is 0 Å². The molecule has 0 heterocycles. The summed E-state index contributed by atoms with van der Waals surface area (Å²) in [7, 11) is 0. The Bertz CT molecular complexity index is 383. The minimum atomic E-state index is -0.114. The zero-order chi connectivity index (χ0) is 10.5. The van der Waals surface area contributed by atoms with Gasteiger partial charge in [0.05, 0.1) is 12.2 Å². The third kappa shape index (κ3) is 3.00. The van der Waals surface area contributed by atoms with Crippen molar-refractivity contribution < 1.29 is 9.84 Å². The second-order valence-corrected chi connectivity index (χ2v) is 3.71. The highest BCUT2D eigenvalue weighted by Crippen LogP contribution is 2.30. The monoisotopic (exact) mass is 202 g/mol. The van der Waals surface area contributed by atoms with E-state index >= 15 is 0 Å². The van der Waals surface area contributed by atoms with Gasteiger partial charge in [-0.05, 0) is 30.9 Å². The first-order valence-corrected chi connectivity index (χ1v) is 5.21. The molecule has 15 heavy (non-hydrogen) atoms. The number of benzene rings is 1. The van der Waals surface area contributed by atoms with Crippen LogP contribution in [0.1, 0.15) is 18.4 Å². The fourth-order valence-corrected chi connectivity index (χ4v) is 1.32. The number of aliphatic hydroxyl groups is 1. The first kappa shape index (κ1) is 10.1. The van der Waals surface area contributed by atoms with Gasteiger partial charge < -0.3 is 9.84 Å². The van der Waals surface area contributed by atoms with Crippen molar-refractivity contribution in [3.63, 3.8) is 0 Å². The minimum Gasteiger partial charge on any atom is -0.492 e. The van der Waals surface area contributed by atoms with Crippen molar-refractivity contribution in [2.45, 2.75) is 12.8 Å². The highest BCUT2D eigenvalue weighted by atomic mass is 16.5. The van der Waals surface area contributed by atoms with Crippen molar-refractivity contribution in [3.05, 3.63) is 29.8 Å². The van der Waals surface area contributed by atoms with Crippen molar-refractivity contribution in [3.8, 4) is 17.6 Å². The molecule has 1 N–H and O–H groups in total. The van der Waals surface area contributed by atoms with Crippen LogP contribution in [0.2, 0.25) is 0 Å². The summed E-state index contributed by atoms with van der Waals surface area (Å²) in [6, 6.07) is 7.69. The van der Waals surface area contributed by atoms with E-state index in [9.17, 15) is 0 Å². The summed E-state index contributed by atoms with van der Waals surface area (Å²) in [4.78, 5) is 0. The quantitative estimate of drug-likeness (QED) is 0.757. The van der Waals surface area contributed by atoms with E-state index in [-0.39, 0.29) is 6.61 Å². The normalized spacial score (nSPS) is 14.2. The first-order chi connectivity index (χ1) is 7.40. The van der Waals surface area contributed by atoms with Gasteiger partial charge in [-0.2, -0.15) is 0 Å². The van der Waals surface area contributed by atoms with Crippen LogP contribution in [0.5, 0.6) is 5.75 Å². The summed E-state index contributed by atoms with van der Waals surface area (Å²) in [5.74, 6) is 7.08. The summed E-state index contributed by atoms with van der Waals surface area (Å²) >= 11 is 0. The maximum atomic E-state index is 8.63. The van der Waals surface area contributed by atoms with Crippen molar-refractivity contribution in [2.75, 3.05) is 13.2 Å². The van der Waals surface area contributed by atoms with Crippen molar-refractivity contribution in [1.29, 1.82) is 0 Å². The molecule has 2 rings (SSSR count). The van der Waals surface area contributed by atoms with Crippen LogP contribution >= 0.6 is 0 Å². The molecule has 1 aliphatic rings. The second kappa shape index (κ2) is 4.86. The number of rotatable bonds is 3. The standard InChI is InChI=1S/C13H14O2/c14-9-3-5-12-4-1-2-6-13(12)15-10-11-7-8-11/h1-2,4,6,11,14H,7-10H2. The predicted molar refractivity (Wildman–Crippen MR) is 58.6 cm³/mol. The number of ether oxygens (including phenoxy) is 1. The fraction of sp³-hybridized carbons (Fsp3) is 0.385. The fourth-order valence-electron chi connectivity index (χ4n) is 1.32. The highest BCUT2D eigenvalue weighted by molar-refractivity contribution is 5.45. The maximum absolute atomic E-state index is 8.63. The molecule has 0 aromatic heterocycles. The van der Waals surface area contributed by atoms with Crippen LogP contribution in [0.25, 0.3) is 0 Å². The molecule has 78 valence electrons. The van der Waals surface area contributed by atoms with E-state index in [2.05, 4.69) is 11.8 Å². The zero-order valence-corrected chi connectivity index (χ0v) is 8.57. The molecular weight excluding hydrogens is 188 g/mol. The predicted octanol–water partition coefficient (Wildman–Crippen LogP) is 1.82. The number of hydrogen-bond donors (Lipinski definition) is 1. The molecule has 0 radical (unpaired) electrons. The van der Waals surface area contributed by atoms with Gasteiger partial charge in [0.2, 0.25) is 0 Å². The van der Waals surface area contributed by atoms with Gasteiger partial charge in [0.1, 0.15) is 12.4 Å². The topological polar surface area (TPSA) is 29.5 Å². The molecule has 0 saturated heterocycles. The molecule has 1 saturated carbocycles. The Morgan fingerprint density at radius 1 is 1.33 bits per heavy atom.